The quantitative estimate of drug-likeness (QED) is 0.771. The molecule has 0 fully saturated rings. The summed E-state index contributed by atoms with van der Waals surface area (Å²) in [7, 11) is 0. The van der Waals surface area contributed by atoms with Crippen LogP contribution in [-0.4, -0.2) is 31.2 Å². The lowest BCUT2D eigenvalue weighted by Crippen LogP contribution is -2.35. The zero-order valence-electron chi connectivity index (χ0n) is 15.8. The number of halogens is 1. The predicted molar refractivity (Wildman–Crippen MR) is 105 cm³/mol. The highest BCUT2D eigenvalue weighted by Crippen LogP contribution is 2.38. The van der Waals surface area contributed by atoms with Crippen LogP contribution in [0, 0.1) is 6.92 Å². The van der Waals surface area contributed by atoms with Gasteiger partial charge < -0.3 is 19.5 Å². The van der Waals surface area contributed by atoms with E-state index in [0.29, 0.717) is 31.3 Å². The number of rotatable bonds is 5. The molecule has 0 spiro atoms. The monoisotopic (exact) mass is 403 g/mol. The second kappa shape index (κ2) is 8.97. The molecule has 1 heterocycles. The van der Waals surface area contributed by atoms with Crippen LogP contribution in [0.1, 0.15) is 34.8 Å². The highest BCUT2D eigenvalue weighted by Gasteiger charge is 2.22. The molecule has 1 aliphatic rings. The summed E-state index contributed by atoms with van der Waals surface area (Å²) in [5, 5.41) is 3.02. The molecular weight excluding hydrogens is 382 g/mol. The Kier molecular flexibility index (Phi) is 6.41. The zero-order chi connectivity index (χ0) is 20.1. The summed E-state index contributed by atoms with van der Waals surface area (Å²) in [5.74, 6) is -0.224. The van der Waals surface area contributed by atoms with Crippen molar-refractivity contribution in [2.24, 2.45) is 0 Å². The first kappa shape index (κ1) is 20.0. The third kappa shape index (κ3) is 4.95. The van der Waals surface area contributed by atoms with Crippen LogP contribution in [-0.2, 0) is 16.1 Å². The van der Waals surface area contributed by atoms with E-state index in [0.717, 1.165) is 17.5 Å². The van der Waals surface area contributed by atoms with Crippen molar-refractivity contribution < 1.29 is 23.8 Å². The molecule has 2 aromatic rings. The minimum absolute atomic E-state index is 0.201. The summed E-state index contributed by atoms with van der Waals surface area (Å²) < 4.78 is 16.4. The molecule has 3 rings (SSSR count). The van der Waals surface area contributed by atoms with Crippen molar-refractivity contribution in [2.45, 2.75) is 32.9 Å². The Morgan fingerprint density at radius 1 is 1.18 bits per heavy atom. The maximum atomic E-state index is 12.4. The molecule has 1 atom stereocenters. The highest BCUT2D eigenvalue weighted by atomic mass is 35.5. The molecule has 0 saturated carbocycles. The lowest BCUT2D eigenvalue weighted by atomic mass is 10.1. The first-order valence-corrected chi connectivity index (χ1v) is 9.45. The van der Waals surface area contributed by atoms with Gasteiger partial charge in [-0.15, -0.1) is 0 Å². The Labute approximate surface area is 168 Å². The van der Waals surface area contributed by atoms with Crippen LogP contribution in [0.3, 0.4) is 0 Å². The third-order valence-corrected chi connectivity index (χ3v) is 4.56. The van der Waals surface area contributed by atoms with Crippen molar-refractivity contribution >= 4 is 23.5 Å². The molecule has 7 heteroatoms. The molecule has 148 valence electrons. The van der Waals surface area contributed by atoms with Crippen molar-refractivity contribution in [3.05, 3.63) is 58.1 Å². The summed E-state index contributed by atoms with van der Waals surface area (Å²) in [5.41, 5.74) is 2.31. The van der Waals surface area contributed by atoms with Crippen molar-refractivity contribution in [1.29, 1.82) is 0 Å². The number of hydrogen-bond acceptors (Lipinski definition) is 5. The summed E-state index contributed by atoms with van der Waals surface area (Å²) >= 11 is 6.20. The van der Waals surface area contributed by atoms with Gasteiger partial charge in [0, 0.05) is 13.0 Å². The molecule has 1 amide bonds. The topological polar surface area (TPSA) is 73.9 Å². The van der Waals surface area contributed by atoms with E-state index in [1.165, 1.54) is 19.1 Å². The Morgan fingerprint density at radius 3 is 2.64 bits per heavy atom. The number of hydrogen-bond donors (Lipinski definition) is 1. The van der Waals surface area contributed by atoms with Crippen LogP contribution in [0.4, 0.5) is 0 Å². The summed E-state index contributed by atoms with van der Waals surface area (Å²) in [6.07, 6.45) is -0.226. The number of amides is 1. The van der Waals surface area contributed by atoms with Crippen molar-refractivity contribution in [3.8, 4) is 11.5 Å². The van der Waals surface area contributed by atoms with Gasteiger partial charge in [-0.05, 0) is 31.5 Å². The van der Waals surface area contributed by atoms with E-state index in [4.69, 9.17) is 25.8 Å². The SMILES string of the molecule is Cc1ccc(CNC(=O)[C@H](C)OC(=O)c2cc(Cl)c3c(c2)OCCCO3)cc1. The van der Waals surface area contributed by atoms with Crippen LogP contribution < -0.4 is 14.8 Å². The smallest absolute Gasteiger partial charge is 0.339 e. The summed E-state index contributed by atoms with van der Waals surface area (Å²) in [6.45, 7) is 4.84. The van der Waals surface area contributed by atoms with E-state index >= 15 is 0 Å². The van der Waals surface area contributed by atoms with Gasteiger partial charge in [0.25, 0.3) is 5.91 Å². The first-order chi connectivity index (χ1) is 13.4. The van der Waals surface area contributed by atoms with E-state index in [1.807, 2.05) is 31.2 Å². The minimum Gasteiger partial charge on any atom is -0.489 e. The molecule has 0 aromatic heterocycles. The number of benzene rings is 2. The number of carbonyl (C=O) groups is 2. The molecule has 0 radical (unpaired) electrons. The lowest BCUT2D eigenvalue weighted by Gasteiger charge is -2.15. The van der Waals surface area contributed by atoms with Gasteiger partial charge in [-0.1, -0.05) is 41.4 Å². The standard InChI is InChI=1S/C21H22ClNO5/c1-13-4-6-15(7-5-13)12-23-20(24)14(2)28-21(25)16-10-17(22)19-18(11-16)26-8-3-9-27-19/h4-7,10-11,14H,3,8-9,12H2,1-2H3,(H,23,24)/t14-/m0/s1. The molecule has 2 aromatic carbocycles. The Hall–Kier alpha value is -2.73. The zero-order valence-corrected chi connectivity index (χ0v) is 16.5. The predicted octanol–water partition coefficient (Wildman–Crippen LogP) is 3.67. The van der Waals surface area contributed by atoms with Crippen LogP contribution in [0.15, 0.2) is 36.4 Å². The number of ether oxygens (including phenoxy) is 3. The molecule has 0 bridgehead atoms. The fraction of sp³-hybridized carbons (Fsp3) is 0.333. The van der Waals surface area contributed by atoms with Gasteiger partial charge in [-0.3, -0.25) is 4.79 Å². The normalized spacial score (nSPS) is 14.0. The second-order valence-electron chi connectivity index (χ2n) is 6.59. The van der Waals surface area contributed by atoms with Crippen molar-refractivity contribution in [3.63, 3.8) is 0 Å². The molecule has 0 aliphatic carbocycles. The maximum Gasteiger partial charge on any atom is 0.339 e. The van der Waals surface area contributed by atoms with Gasteiger partial charge in [0.05, 0.1) is 23.8 Å². The molecule has 28 heavy (non-hydrogen) atoms. The Bertz CT molecular complexity index is 866. The molecular formula is C21H22ClNO5. The average Bonchev–Trinajstić information content (AvgIpc) is 2.93. The van der Waals surface area contributed by atoms with E-state index in [-0.39, 0.29) is 16.5 Å². The molecule has 1 N–H and O–H groups in total. The number of nitrogens with one attached hydrogen (secondary N) is 1. The minimum atomic E-state index is -0.951. The molecule has 1 aliphatic heterocycles. The first-order valence-electron chi connectivity index (χ1n) is 9.07. The maximum absolute atomic E-state index is 12.4. The van der Waals surface area contributed by atoms with E-state index in [9.17, 15) is 9.59 Å². The van der Waals surface area contributed by atoms with Crippen LogP contribution >= 0.6 is 11.6 Å². The highest BCUT2D eigenvalue weighted by molar-refractivity contribution is 6.32. The van der Waals surface area contributed by atoms with Crippen LogP contribution in [0.2, 0.25) is 5.02 Å². The van der Waals surface area contributed by atoms with Crippen LogP contribution in [0.5, 0.6) is 11.5 Å². The largest absolute Gasteiger partial charge is 0.489 e. The number of carbonyl (C=O) groups excluding carboxylic acids is 2. The van der Waals surface area contributed by atoms with Gasteiger partial charge in [0.2, 0.25) is 0 Å². The van der Waals surface area contributed by atoms with E-state index in [2.05, 4.69) is 5.32 Å². The molecule has 0 saturated heterocycles. The fourth-order valence-electron chi connectivity index (χ4n) is 2.67. The van der Waals surface area contributed by atoms with E-state index in [1.54, 1.807) is 0 Å². The number of aryl methyl sites for hydroxylation is 1. The van der Waals surface area contributed by atoms with Gasteiger partial charge in [0.15, 0.2) is 17.6 Å². The average molecular weight is 404 g/mol. The van der Waals surface area contributed by atoms with Gasteiger partial charge in [-0.25, -0.2) is 4.79 Å². The van der Waals surface area contributed by atoms with Crippen molar-refractivity contribution in [2.75, 3.05) is 13.2 Å². The third-order valence-electron chi connectivity index (χ3n) is 4.28. The molecule has 6 nitrogen and oxygen atoms in total. The lowest BCUT2D eigenvalue weighted by molar-refractivity contribution is -0.129. The number of esters is 1. The second-order valence-corrected chi connectivity index (χ2v) is 6.99. The van der Waals surface area contributed by atoms with Gasteiger partial charge >= 0.3 is 5.97 Å². The number of fused-ring (bicyclic) bond motifs is 1. The van der Waals surface area contributed by atoms with E-state index < -0.39 is 12.1 Å². The summed E-state index contributed by atoms with van der Waals surface area (Å²) in [4.78, 5) is 24.7. The Balaban J connectivity index is 1.60. The Morgan fingerprint density at radius 2 is 1.89 bits per heavy atom. The van der Waals surface area contributed by atoms with Gasteiger partial charge in [-0.2, -0.15) is 0 Å². The summed E-state index contributed by atoms with van der Waals surface area (Å²) in [6, 6.07) is 10.8. The van der Waals surface area contributed by atoms with Crippen LogP contribution in [0.25, 0.3) is 0 Å². The van der Waals surface area contributed by atoms with Gasteiger partial charge in [0.1, 0.15) is 0 Å². The molecule has 0 unspecified atom stereocenters. The van der Waals surface area contributed by atoms with Crippen molar-refractivity contribution in [1.82, 2.24) is 5.32 Å². The fourth-order valence-corrected chi connectivity index (χ4v) is 2.93.